The first-order valence-electron chi connectivity index (χ1n) is 5.12. The van der Waals surface area contributed by atoms with E-state index in [4.69, 9.17) is 16.3 Å². The smallest absolute Gasteiger partial charge is 0.0587 e. The molecule has 86 valence electrons. The molecule has 1 heterocycles. The van der Waals surface area contributed by atoms with Crippen LogP contribution in [-0.2, 0) is 4.74 Å². The van der Waals surface area contributed by atoms with Gasteiger partial charge in [0.15, 0.2) is 0 Å². The Morgan fingerprint density at radius 3 is 2.80 bits per heavy atom. The van der Waals surface area contributed by atoms with Crippen LogP contribution in [0.15, 0.2) is 11.4 Å². The van der Waals surface area contributed by atoms with Gasteiger partial charge < -0.3 is 10.1 Å². The number of nitrogens with one attached hydrogen (secondary N) is 1. The Hall–Kier alpha value is -0.0900. The minimum absolute atomic E-state index is 0.413. The number of hydrogen-bond donors (Lipinski definition) is 1. The van der Waals surface area contributed by atoms with Crippen LogP contribution in [0.3, 0.4) is 0 Å². The second-order valence-electron chi connectivity index (χ2n) is 3.66. The molecule has 1 aromatic heterocycles. The van der Waals surface area contributed by atoms with E-state index in [0.717, 1.165) is 18.2 Å². The predicted octanol–water partition coefficient (Wildman–Crippen LogP) is 3.13. The highest BCUT2D eigenvalue weighted by Gasteiger charge is 2.17. The Kier molecular flexibility index (Phi) is 5.61. The fraction of sp³-hybridized carbons (Fsp3) is 0.636. The van der Waals surface area contributed by atoms with Gasteiger partial charge in [0.25, 0.3) is 0 Å². The van der Waals surface area contributed by atoms with E-state index in [1.807, 2.05) is 11.4 Å². The molecule has 1 rings (SSSR count). The Morgan fingerprint density at radius 2 is 2.27 bits per heavy atom. The highest BCUT2D eigenvalue weighted by atomic mass is 35.5. The lowest BCUT2D eigenvalue weighted by molar-refractivity contribution is 0.195. The Balaban J connectivity index is 2.46. The quantitative estimate of drug-likeness (QED) is 0.780. The van der Waals surface area contributed by atoms with Gasteiger partial charge in [0, 0.05) is 30.5 Å². The molecule has 0 aliphatic carbocycles. The molecule has 2 atom stereocenters. The monoisotopic (exact) mass is 247 g/mol. The molecule has 4 heteroatoms. The summed E-state index contributed by atoms with van der Waals surface area (Å²) < 4.78 is 5.00. The average molecular weight is 248 g/mol. The largest absolute Gasteiger partial charge is 0.383 e. The third kappa shape index (κ3) is 3.76. The van der Waals surface area contributed by atoms with E-state index >= 15 is 0 Å². The molecule has 2 unspecified atom stereocenters. The Labute approximate surface area is 101 Å². The van der Waals surface area contributed by atoms with E-state index in [1.54, 1.807) is 18.4 Å². The van der Waals surface area contributed by atoms with Crippen molar-refractivity contribution in [1.82, 2.24) is 5.32 Å². The Morgan fingerprint density at radius 1 is 1.53 bits per heavy atom. The van der Waals surface area contributed by atoms with E-state index in [0.29, 0.717) is 12.0 Å². The van der Waals surface area contributed by atoms with Gasteiger partial charge in [0.1, 0.15) is 0 Å². The summed E-state index contributed by atoms with van der Waals surface area (Å²) in [7, 11) is 1.71. The van der Waals surface area contributed by atoms with E-state index in [-0.39, 0.29) is 0 Å². The first-order valence-corrected chi connectivity index (χ1v) is 6.37. The lowest BCUT2D eigenvalue weighted by Gasteiger charge is -2.20. The standard InChI is InChI=1S/C11H18ClNOS/c1-8(9(2)13-5-6-14-3)11-10(12)4-7-15-11/h4,7-9,13H,5-6H2,1-3H3. The first kappa shape index (κ1) is 13.0. The van der Waals surface area contributed by atoms with Gasteiger partial charge in [-0.3, -0.25) is 0 Å². The third-order valence-electron chi connectivity index (χ3n) is 2.58. The molecule has 0 aliphatic heterocycles. The molecule has 0 saturated carbocycles. The zero-order chi connectivity index (χ0) is 11.3. The molecule has 0 amide bonds. The fourth-order valence-electron chi connectivity index (χ4n) is 1.42. The van der Waals surface area contributed by atoms with Gasteiger partial charge in [0.2, 0.25) is 0 Å². The van der Waals surface area contributed by atoms with Gasteiger partial charge in [-0.25, -0.2) is 0 Å². The van der Waals surface area contributed by atoms with E-state index in [2.05, 4.69) is 19.2 Å². The minimum atomic E-state index is 0.413. The molecule has 2 nitrogen and oxygen atoms in total. The third-order valence-corrected chi connectivity index (χ3v) is 4.14. The second-order valence-corrected chi connectivity index (χ2v) is 5.01. The molecular formula is C11H18ClNOS. The molecule has 0 fully saturated rings. The van der Waals surface area contributed by atoms with Crippen molar-refractivity contribution in [2.75, 3.05) is 20.3 Å². The van der Waals surface area contributed by atoms with Crippen LogP contribution in [0.5, 0.6) is 0 Å². The molecule has 0 radical (unpaired) electrons. The lowest BCUT2D eigenvalue weighted by Crippen LogP contribution is -2.33. The second kappa shape index (κ2) is 6.48. The number of halogens is 1. The fourth-order valence-corrected chi connectivity index (χ4v) is 2.82. The SMILES string of the molecule is COCCNC(C)C(C)c1sccc1Cl. The minimum Gasteiger partial charge on any atom is -0.383 e. The van der Waals surface area contributed by atoms with Gasteiger partial charge in [-0.15, -0.1) is 11.3 Å². The van der Waals surface area contributed by atoms with Crippen molar-refractivity contribution >= 4 is 22.9 Å². The number of hydrogen-bond acceptors (Lipinski definition) is 3. The van der Waals surface area contributed by atoms with Crippen molar-refractivity contribution < 1.29 is 4.74 Å². The maximum atomic E-state index is 6.10. The van der Waals surface area contributed by atoms with Crippen LogP contribution >= 0.6 is 22.9 Å². The lowest BCUT2D eigenvalue weighted by atomic mass is 10.0. The van der Waals surface area contributed by atoms with Crippen LogP contribution in [0, 0.1) is 0 Å². The maximum Gasteiger partial charge on any atom is 0.0587 e. The topological polar surface area (TPSA) is 21.3 Å². The molecule has 0 saturated heterocycles. The summed E-state index contributed by atoms with van der Waals surface area (Å²) in [4.78, 5) is 1.26. The average Bonchev–Trinajstić information content (AvgIpc) is 2.63. The van der Waals surface area contributed by atoms with Gasteiger partial charge in [0.05, 0.1) is 11.6 Å². The van der Waals surface area contributed by atoms with Gasteiger partial charge in [-0.1, -0.05) is 18.5 Å². The molecule has 0 aliphatic rings. The summed E-state index contributed by atoms with van der Waals surface area (Å²) in [6.07, 6.45) is 0. The van der Waals surface area contributed by atoms with Crippen LogP contribution in [0.4, 0.5) is 0 Å². The summed E-state index contributed by atoms with van der Waals surface area (Å²) >= 11 is 7.82. The van der Waals surface area contributed by atoms with Crippen molar-refractivity contribution in [3.05, 3.63) is 21.3 Å². The van der Waals surface area contributed by atoms with Crippen molar-refractivity contribution in [2.45, 2.75) is 25.8 Å². The highest BCUT2D eigenvalue weighted by molar-refractivity contribution is 7.10. The molecule has 0 bridgehead atoms. The maximum absolute atomic E-state index is 6.10. The van der Waals surface area contributed by atoms with Gasteiger partial charge in [-0.2, -0.15) is 0 Å². The number of rotatable bonds is 6. The summed E-state index contributed by atoms with van der Waals surface area (Å²) in [5.74, 6) is 0.439. The van der Waals surface area contributed by atoms with Crippen LogP contribution in [0.2, 0.25) is 5.02 Å². The van der Waals surface area contributed by atoms with Gasteiger partial charge in [-0.05, 0) is 18.4 Å². The molecule has 0 spiro atoms. The molecule has 15 heavy (non-hydrogen) atoms. The normalized spacial score (nSPS) is 15.2. The zero-order valence-electron chi connectivity index (χ0n) is 9.42. The summed E-state index contributed by atoms with van der Waals surface area (Å²) in [6, 6.07) is 2.37. The van der Waals surface area contributed by atoms with Crippen molar-refractivity contribution in [3.8, 4) is 0 Å². The van der Waals surface area contributed by atoms with E-state index < -0.39 is 0 Å². The molecule has 1 N–H and O–H groups in total. The predicted molar refractivity (Wildman–Crippen MR) is 67.1 cm³/mol. The van der Waals surface area contributed by atoms with Crippen LogP contribution in [-0.4, -0.2) is 26.3 Å². The van der Waals surface area contributed by atoms with Gasteiger partial charge >= 0.3 is 0 Å². The zero-order valence-corrected chi connectivity index (χ0v) is 11.0. The number of thiophene rings is 1. The molecule has 1 aromatic rings. The van der Waals surface area contributed by atoms with Crippen LogP contribution in [0.1, 0.15) is 24.6 Å². The molecule has 0 aromatic carbocycles. The highest BCUT2D eigenvalue weighted by Crippen LogP contribution is 2.31. The van der Waals surface area contributed by atoms with E-state index in [1.165, 1.54) is 4.88 Å². The summed E-state index contributed by atoms with van der Waals surface area (Å²) in [5.41, 5.74) is 0. The van der Waals surface area contributed by atoms with Crippen molar-refractivity contribution in [2.24, 2.45) is 0 Å². The summed E-state index contributed by atoms with van der Waals surface area (Å²) in [5, 5.41) is 6.34. The molecular weight excluding hydrogens is 230 g/mol. The number of methoxy groups -OCH3 is 1. The first-order chi connectivity index (χ1) is 7.16. The Bertz CT molecular complexity index is 290. The van der Waals surface area contributed by atoms with Crippen molar-refractivity contribution in [3.63, 3.8) is 0 Å². The van der Waals surface area contributed by atoms with Crippen LogP contribution in [0.25, 0.3) is 0 Å². The number of ether oxygens (including phenoxy) is 1. The van der Waals surface area contributed by atoms with Crippen LogP contribution < -0.4 is 5.32 Å². The van der Waals surface area contributed by atoms with Crippen molar-refractivity contribution in [1.29, 1.82) is 0 Å². The summed E-state index contributed by atoms with van der Waals surface area (Å²) in [6.45, 7) is 6.00. The van der Waals surface area contributed by atoms with E-state index in [9.17, 15) is 0 Å².